The highest BCUT2D eigenvalue weighted by molar-refractivity contribution is 7.85. The standard InChI is InChI=1S/C16H18O4.CH3FO3S/c1-15(13(17)18)8-5-9-16(11-15,14(19)20)10-12-6-3-2-4-7-12;2-1-6(3,4)5/h2-7,9H,8,10-11H2,1H3,(H,17,18)(H,19,20);1H2,(H,3,4,5). The summed E-state index contributed by atoms with van der Waals surface area (Å²) < 4.78 is 36.4. The molecule has 0 spiro atoms. The molecule has 0 saturated heterocycles. The van der Waals surface area contributed by atoms with E-state index in [0.717, 1.165) is 5.56 Å². The zero-order valence-electron chi connectivity index (χ0n) is 14.1. The van der Waals surface area contributed by atoms with Gasteiger partial charge in [0.1, 0.15) is 0 Å². The lowest BCUT2D eigenvalue weighted by Crippen LogP contribution is -2.42. The largest absolute Gasteiger partial charge is 0.481 e. The van der Waals surface area contributed by atoms with Crippen LogP contribution in [0.15, 0.2) is 42.5 Å². The Kier molecular flexibility index (Phi) is 7.05. The Morgan fingerprint density at radius 2 is 1.69 bits per heavy atom. The maximum Gasteiger partial charge on any atom is 0.313 e. The molecule has 2 unspecified atom stereocenters. The van der Waals surface area contributed by atoms with Gasteiger partial charge in [-0.25, -0.2) is 4.39 Å². The molecule has 9 heteroatoms. The maximum atomic E-state index is 11.7. The lowest BCUT2D eigenvalue weighted by Gasteiger charge is -2.38. The van der Waals surface area contributed by atoms with Crippen LogP contribution in [0.2, 0.25) is 0 Å². The number of carboxylic acid groups (broad SMARTS) is 2. The first kappa shape index (κ1) is 21.8. The van der Waals surface area contributed by atoms with Gasteiger partial charge >= 0.3 is 11.9 Å². The van der Waals surface area contributed by atoms with Crippen LogP contribution in [-0.2, 0) is 26.1 Å². The molecule has 0 aliphatic heterocycles. The van der Waals surface area contributed by atoms with Crippen LogP contribution in [0.5, 0.6) is 0 Å². The number of carboxylic acids is 2. The van der Waals surface area contributed by atoms with Crippen LogP contribution in [0, 0.1) is 10.8 Å². The van der Waals surface area contributed by atoms with Crippen molar-refractivity contribution in [2.75, 3.05) is 6.01 Å². The van der Waals surface area contributed by atoms with Crippen molar-refractivity contribution in [3.63, 3.8) is 0 Å². The van der Waals surface area contributed by atoms with Crippen LogP contribution in [0.25, 0.3) is 0 Å². The molecule has 0 saturated carbocycles. The number of carbonyl (C=O) groups is 2. The van der Waals surface area contributed by atoms with Gasteiger partial charge < -0.3 is 10.2 Å². The van der Waals surface area contributed by atoms with Gasteiger partial charge in [0.05, 0.1) is 10.8 Å². The Balaban J connectivity index is 0.000000487. The molecule has 2 rings (SSSR count). The Labute approximate surface area is 150 Å². The van der Waals surface area contributed by atoms with Gasteiger partial charge in [0, 0.05) is 0 Å². The van der Waals surface area contributed by atoms with E-state index in [2.05, 4.69) is 0 Å². The molecule has 1 aliphatic rings. The van der Waals surface area contributed by atoms with Crippen molar-refractivity contribution in [3.05, 3.63) is 48.0 Å². The number of rotatable bonds is 5. The SMILES string of the molecule is CC1(C(=O)O)CC=CC(Cc2ccccc2)(C(=O)O)C1.O=S(=O)(O)CF. The van der Waals surface area contributed by atoms with Crippen LogP contribution in [-0.4, -0.2) is 41.1 Å². The normalized spacial score (nSPS) is 25.0. The molecule has 1 aromatic rings. The second kappa shape index (κ2) is 8.41. The molecule has 0 aromatic heterocycles. The second-order valence-corrected chi connectivity index (χ2v) is 7.85. The minimum atomic E-state index is -4.33. The molecule has 3 N–H and O–H groups in total. The summed E-state index contributed by atoms with van der Waals surface area (Å²) in [5.41, 5.74) is -1.27. The van der Waals surface area contributed by atoms with Crippen molar-refractivity contribution in [1.82, 2.24) is 0 Å². The highest BCUT2D eigenvalue weighted by Crippen LogP contribution is 2.44. The van der Waals surface area contributed by atoms with E-state index in [1.165, 1.54) is 0 Å². The predicted octanol–water partition coefficient (Wildman–Crippen LogP) is 2.54. The van der Waals surface area contributed by atoms with E-state index >= 15 is 0 Å². The molecule has 2 atom stereocenters. The van der Waals surface area contributed by atoms with E-state index < -0.39 is 38.9 Å². The Morgan fingerprint density at radius 1 is 1.15 bits per heavy atom. The minimum Gasteiger partial charge on any atom is -0.481 e. The third-order valence-electron chi connectivity index (χ3n) is 4.15. The average molecular weight is 388 g/mol. The van der Waals surface area contributed by atoms with E-state index in [-0.39, 0.29) is 6.42 Å². The van der Waals surface area contributed by atoms with Gasteiger partial charge in [0.15, 0.2) is 0 Å². The number of alkyl halides is 1. The lowest BCUT2D eigenvalue weighted by atomic mass is 9.64. The van der Waals surface area contributed by atoms with E-state index in [4.69, 9.17) is 4.55 Å². The number of aliphatic carboxylic acids is 2. The first-order valence-corrected chi connectivity index (χ1v) is 9.25. The molecule has 26 heavy (non-hydrogen) atoms. The molecule has 0 fully saturated rings. The molecular formula is C17H21FO7S. The monoisotopic (exact) mass is 388 g/mol. The Morgan fingerprint density at radius 3 is 2.12 bits per heavy atom. The highest BCUT2D eigenvalue weighted by atomic mass is 32.2. The molecule has 0 amide bonds. The number of hydrogen-bond donors (Lipinski definition) is 3. The molecule has 7 nitrogen and oxygen atoms in total. The zero-order valence-corrected chi connectivity index (χ0v) is 14.9. The summed E-state index contributed by atoms with van der Waals surface area (Å²) in [5, 5.41) is 19.0. The summed E-state index contributed by atoms with van der Waals surface area (Å²) in [7, 11) is -4.33. The third kappa shape index (κ3) is 5.92. The minimum absolute atomic E-state index is 0.107. The summed E-state index contributed by atoms with van der Waals surface area (Å²) in [6, 6.07) is 7.61. The first-order valence-electron chi connectivity index (χ1n) is 7.64. The fourth-order valence-corrected chi connectivity index (χ4v) is 2.84. The first-order chi connectivity index (χ1) is 11.9. The zero-order chi connectivity index (χ0) is 20.0. The van der Waals surface area contributed by atoms with Crippen LogP contribution in [0.1, 0.15) is 25.3 Å². The van der Waals surface area contributed by atoms with Crippen LogP contribution in [0.4, 0.5) is 4.39 Å². The van der Waals surface area contributed by atoms with Crippen LogP contribution in [0.3, 0.4) is 0 Å². The van der Waals surface area contributed by atoms with E-state index in [9.17, 15) is 32.6 Å². The van der Waals surface area contributed by atoms with Gasteiger partial charge in [-0.05, 0) is 31.7 Å². The molecule has 144 valence electrons. The Hall–Kier alpha value is -2.26. The fraction of sp³-hybridized carbons (Fsp3) is 0.412. The van der Waals surface area contributed by atoms with Gasteiger partial charge in [-0.3, -0.25) is 14.1 Å². The molecule has 0 radical (unpaired) electrons. The second-order valence-electron chi connectivity index (χ2n) is 6.46. The van der Waals surface area contributed by atoms with Crippen molar-refractivity contribution in [2.45, 2.75) is 26.2 Å². The maximum absolute atomic E-state index is 11.7. The van der Waals surface area contributed by atoms with Gasteiger partial charge in [-0.2, -0.15) is 8.42 Å². The van der Waals surface area contributed by atoms with E-state index in [1.54, 1.807) is 19.1 Å². The van der Waals surface area contributed by atoms with Crippen molar-refractivity contribution < 1.29 is 37.2 Å². The summed E-state index contributed by atoms with van der Waals surface area (Å²) in [6.07, 6.45) is 4.13. The predicted molar refractivity (Wildman–Crippen MR) is 91.9 cm³/mol. The Bertz CT molecular complexity index is 776. The molecule has 0 heterocycles. The third-order valence-corrected chi connectivity index (χ3v) is 4.43. The average Bonchev–Trinajstić information content (AvgIpc) is 2.55. The van der Waals surface area contributed by atoms with Crippen molar-refractivity contribution in [3.8, 4) is 0 Å². The van der Waals surface area contributed by atoms with Crippen LogP contribution >= 0.6 is 0 Å². The van der Waals surface area contributed by atoms with Crippen LogP contribution < -0.4 is 0 Å². The number of benzene rings is 1. The molecule has 1 aromatic carbocycles. The highest BCUT2D eigenvalue weighted by Gasteiger charge is 2.48. The smallest absolute Gasteiger partial charge is 0.313 e. The van der Waals surface area contributed by atoms with Crippen molar-refractivity contribution in [2.24, 2.45) is 10.8 Å². The lowest BCUT2D eigenvalue weighted by molar-refractivity contribution is -0.155. The van der Waals surface area contributed by atoms with Gasteiger partial charge in [0.25, 0.3) is 10.1 Å². The van der Waals surface area contributed by atoms with Gasteiger partial charge in [-0.1, -0.05) is 42.5 Å². The summed E-state index contributed by atoms with van der Waals surface area (Å²) in [5.74, 6) is -1.91. The van der Waals surface area contributed by atoms with E-state index in [0.29, 0.717) is 12.8 Å². The summed E-state index contributed by atoms with van der Waals surface area (Å²) >= 11 is 0. The molecule has 0 bridgehead atoms. The summed E-state index contributed by atoms with van der Waals surface area (Å²) in [4.78, 5) is 23.2. The summed E-state index contributed by atoms with van der Waals surface area (Å²) in [6.45, 7) is 1.61. The molecule has 1 aliphatic carbocycles. The van der Waals surface area contributed by atoms with Gasteiger partial charge in [0.2, 0.25) is 6.01 Å². The fourth-order valence-electron chi connectivity index (χ4n) is 2.84. The topological polar surface area (TPSA) is 129 Å². The van der Waals surface area contributed by atoms with E-state index in [1.807, 2.05) is 30.3 Å². The van der Waals surface area contributed by atoms with Gasteiger partial charge in [-0.15, -0.1) is 0 Å². The molecular weight excluding hydrogens is 367 g/mol. The number of allylic oxidation sites excluding steroid dienone is 1. The van der Waals surface area contributed by atoms with Crippen molar-refractivity contribution in [1.29, 1.82) is 0 Å². The number of hydrogen-bond acceptors (Lipinski definition) is 4. The number of halogens is 1. The quantitative estimate of drug-likeness (QED) is 0.522. The van der Waals surface area contributed by atoms with Crippen molar-refractivity contribution >= 4 is 22.1 Å².